The summed E-state index contributed by atoms with van der Waals surface area (Å²) in [7, 11) is 2.07. The van der Waals surface area contributed by atoms with Crippen LogP contribution in [-0.2, 0) is 17.8 Å². The molecule has 0 bridgehead atoms. The van der Waals surface area contributed by atoms with E-state index in [2.05, 4.69) is 22.4 Å². The van der Waals surface area contributed by atoms with Crippen molar-refractivity contribution in [2.45, 2.75) is 19.9 Å². The maximum Gasteiger partial charge on any atom is 0.278 e. The summed E-state index contributed by atoms with van der Waals surface area (Å²) in [5.41, 5.74) is 5.92. The van der Waals surface area contributed by atoms with Crippen LogP contribution in [0.15, 0.2) is 35.5 Å². The molecule has 0 aliphatic carbocycles. The third-order valence-electron chi connectivity index (χ3n) is 4.99. The maximum absolute atomic E-state index is 12.2. The van der Waals surface area contributed by atoms with Gasteiger partial charge in [-0.3, -0.25) is 4.79 Å². The van der Waals surface area contributed by atoms with Gasteiger partial charge >= 0.3 is 0 Å². The highest BCUT2D eigenvalue weighted by molar-refractivity contribution is 6.54. The zero-order valence-corrected chi connectivity index (χ0v) is 14.9. The summed E-state index contributed by atoms with van der Waals surface area (Å²) in [5.74, 6) is 0.454. The van der Waals surface area contributed by atoms with E-state index in [0.717, 1.165) is 47.6 Å². The topological polar surface area (TPSA) is 74.2 Å². The normalized spacial score (nSPS) is 17.8. The maximum atomic E-state index is 12.2. The molecule has 134 valence electrons. The quantitative estimate of drug-likeness (QED) is 0.659. The van der Waals surface area contributed by atoms with Crippen molar-refractivity contribution >= 4 is 17.3 Å². The minimum Gasteiger partial charge on any atom is -0.494 e. The summed E-state index contributed by atoms with van der Waals surface area (Å²) in [6, 6.07) is 9.93. The fraction of sp³-hybridized carbons (Fsp3) is 0.300. The molecule has 4 rings (SSSR count). The van der Waals surface area contributed by atoms with Crippen LogP contribution in [0.5, 0.6) is 5.75 Å². The molecule has 1 amide bonds. The Morgan fingerprint density at radius 2 is 2.12 bits per heavy atom. The average Bonchev–Trinajstić information content (AvgIpc) is 2.97. The van der Waals surface area contributed by atoms with Crippen LogP contribution >= 0.6 is 0 Å². The van der Waals surface area contributed by atoms with Crippen LogP contribution in [0.4, 0.5) is 5.69 Å². The minimum atomic E-state index is -0.363. The van der Waals surface area contributed by atoms with Crippen LogP contribution in [0.1, 0.15) is 23.6 Å². The number of rotatable bonds is 3. The van der Waals surface area contributed by atoms with Crippen molar-refractivity contribution in [1.29, 1.82) is 0 Å². The van der Waals surface area contributed by atoms with E-state index in [1.165, 1.54) is 5.56 Å². The van der Waals surface area contributed by atoms with Gasteiger partial charge in [0.05, 0.1) is 12.3 Å². The molecule has 6 nitrogen and oxygen atoms in total. The summed E-state index contributed by atoms with van der Waals surface area (Å²) >= 11 is 0. The molecule has 2 aliphatic heterocycles. The lowest BCUT2D eigenvalue weighted by Gasteiger charge is -2.29. The van der Waals surface area contributed by atoms with Crippen molar-refractivity contribution in [2.75, 3.05) is 25.5 Å². The van der Waals surface area contributed by atoms with E-state index in [-0.39, 0.29) is 11.6 Å². The second-order valence-electron chi connectivity index (χ2n) is 6.66. The monoisotopic (exact) mass is 351 g/mol. The molecular formula is C20H21N3O3. The highest BCUT2D eigenvalue weighted by Gasteiger charge is 2.33. The predicted molar refractivity (Wildman–Crippen MR) is 100 cm³/mol. The van der Waals surface area contributed by atoms with Crippen LogP contribution in [0, 0.1) is 0 Å². The molecular weight excluding hydrogens is 330 g/mol. The molecule has 2 aromatic carbocycles. The molecule has 0 atom stereocenters. The third-order valence-corrected chi connectivity index (χ3v) is 4.99. The summed E-state index contributed by atoms with van der Waals surface area (Å²) in [6.45, 7) is 4.27. The van der Waals surface area contributed by atoms with Gasteiger partial charge in [0.1, 0.15) is 5.75 Å². The zero-order valence-electron chi connectivity index (χ0n) is 14.9. The van der Waals surface area contributed by atoms with Crippen LogP contribution in [0.2, 0.25) is 0 Å². The Morgan fingerprint density at radius 3 is 2.88 bits per heavy atom. The first kappa shape index (κ1) is 16.6. The van der Waals surface area contributed by atoms with E-state index in [1.807, 2.05) is 37.3 Å². The Balaban J connectivity index is 1.94. The summed E-state index contributed by atoms with van der Waals surface area (Å²) in [4.78, 5) is 14.4. The van der Waals surface area contributed by atoms with Gasteiger partial charge in [-0.15, -0.1) is 0 Å². The molecule has 0 saturated carbocycles. The smallest absolute Gasteiger partial charge is 0.278 e. The molecule has 0 spiro atoms. The standard InChI is InChI=1S/C20H21N3O3/c1-3-26-13-6-4-5-12(9-13)15-10-16-18(21-20(24)19(16)22-25)17-11-23(2)8-7-14(15)17/h4-6,9-10,25H,3,7-8,11H2,1-2H3,(H,21,22,24). The molecule has 2 aromatic rings. The molecule has 0 aromatic heterocycles. The lowest BCUT2D eigenvalue weighted by molar-refractivity contribution is -0.110. The fourth-order valence-corrected chi connectivity index (χ4v) is 3.79. The number of hydrogen-bond acceptors (Lipinski definition) is 5. The first-order valence-electron chi connectivity index (χ1n) is 8.76. The zero-order chi connectivity index (χ0) is 18.3. The Hall–Kier alpha value is -2.86. The molecule has 0 fully saturated rings. The average molecular weight is 351 g/mol. The van der Waals surface area contributed by atoms with Crippen molar-refractivity contribution in [3.05, 3.63) is 47.0 Å². The minimum absolute atomic E-state index is 0.0678. The Labute approximate surface area is 152 Å². The molecule has 2 aliphatic rings. The second kappa shape index (κ2) is 6.46. The molecule has 0 unspecified atom stereocenters. The van der Waals surface area contributed by atoms with E-state index in [1.54, 1.807) is 0 Å². The van der Waals surface area contributed by atoms with E-state index in [9.17, 15) is 10.0 Å². The SMILES string of the molecule is CCOc1cccc(-c2cc3c(c4c2CCN(C)C4)NC(=O)/C3=N\O)c1. The van der Waals surface area contributed by atoms with Crippen molar-refractivity contribution in [3.63, 3.8) is 0 Å². The number of carbonyl (C=O) groups excluding carboxylic acids is 1. The van der Waals surface area contributed by atoms with Gasteiger partial charge in [-0.05, 0) is 60.8 Å². The summed E-state index contributed by atoms with van der Waals surface area (Å²) in [6.07, 6.45) is 0.898. The van der Waals surface area contributed by atoms with Crippen LogP contribution in [0.25, 0.3) is 11.1 Å². The number of likely N-dealkylation sites (N-methyl/N-ethyl adjacent to an activating group) is 1. The number of oxime groups is 1. The number of hydrogen-bond donors (Lipinski definition) is 2. The Bertz CT molecular complexity index is 921. The molecule has 0 radical (unpaired) electrons. The van der Waals surface area contributed by atoms with Crippen molar-refractivity contribution < 1.29 is 14.7 Å². The van der Waals surface area contributed by atoms with Gasteiger partial charge in [0.2, 0.25) is 0 Å². The molecule has 0 saturated heterocycles. The number of carbonyl (C=O) groups is 1. The number of nitrogens with zero attached hydrogens (tertiary/aromatic N) is 2. The number of amides is 1. The van der Waals surface area contributed by atoms with Gasteiger partial charge in [-0.1, -0.05) is 17.3 Å². The van der Waals surface area contributed by atoms with Gasteiger partial charge in [0.15, 0.2) is 5.71 Å². The first-order chi connectivity index (χ1) is 12.6. The summed E-state index contributed by atoms with van der Waals surface area (Å²) in [5, 5.41) is 15.4. The highest BCUT2D eigenvalue weighted by Crippen LogP contribution is 2.40. The van der Waals surface area contributed by atoms with Crippen molar-refractivity contribution in [3.8, 4) is 16.9 Å². The van der Waals surface area contributed by atoms with Crippen LogP contribution in [0.3, 0.4) is 0 Å². The number of nitrogens with one attached hydrogen (secondary N) is 1. The molecule has 26 heavy (non-hydrogen) atoms. The van der Waals surface area contributed by atoms with Gasteiger partial charge in [-0.25, -0.2) is 0 Å². The number of fused-ring (bicyclic) bond motifs is 3. The number of benzene rings is 2. The lowest BCUT2D eigenvalue weighted by atomic mass is 9.87. The summed E-state index contributed by atoms with van der Waals surface area (Å²) < 4.78 is 5.64. The van der Waals surface area contributed by atoms with Crippen LogP contribution in [-0.4, -0.2) is 41.9 Å². The Morgan fingerprint density at radius 1 is 1.27 bits per heavy atom. The molecule has 2 N–H and O–H groups in total. The van der Waals surface area contributed by atoms with Gasteiger partial charge in [-0.2, -0.15) is 0 Å². The highest BCUT2D eigenvalue weighted by atomic mass is 16.5. The first-order valence-corrected chi connectivity index (χ1v) is 8.76. The van der Waals surface area contributed by atoms with E-state index in [0.29, 0.717) is 12.2 Å². The Kier molecular flexibility index (Phi) is 4.12. The van der Waals surface area contributed by atoms with E-state index < -0.39 is 0 Å². The van der Waals surface area contributed by atoms with E-state index >= 15 is 0 Å². The van der Waals surface area contributed by atoms with E-state index in [4.69, 9.17) is 4.74 Å². The van der Waals surface area contributed by atoms with Crippen molar-refractivity contribution in [2.24, 2.45) is 5.16 Å². The molecule has 2 heterocycles. The van der Waals surface area contributed by atoms with Gasteiger partial charge in [0.25, 0.3) is 5.91 Å². The van der Waals surface area contributed by atoms with Gasteiger partial charge in [0, 0.05) is 18.7 Å². The third kappa shape index (κ3) is 2.63. The lowest BCUT2D eigenvalue weighted by Crippen LogP contribution is -2.27. The van der Waals surface area contributed by atoms with Crippen molar-refractivity contribution in [1.82, 2.24) is 4.90 Å². The van der Waals surface area contributed by atoms with Crippen LogP contribution < -0.4 is 10.1 Å². The second-order valence-corrected chi connectivity index (χ2v) is 6.66. The molecule has 6 heteroatoms. The van der Waals surface area contributed by atoms with Gasteiger partial charge < -0.3 is 20.2 Å². The predicted octanol–water partition coefficient (Wildman–Crippen LogP) is 2.87. The fourth-order valence-electron chi connectivity index (χ4n) is 3.79. The number of anilines is 1. The largest absolute Gasteiger partial charge is 0.494 e. The number of ether oxygens (including phenoxy) is 1.